The van der Waals surface area contributed by atoms with E-state index in [0.717, 1.165) is 44.9 Å². The van der Waals surface area contributed by atoms with Crippen molar-refractivity contribution in [2.45, 2.75) is 69.1 Å². The van der Waals surface area contributed by atoms with Crippen LogP contribution in [-0.4, -0.2) is 51.3 Å². The number of benzene rings is 1. The van der Waals surface area contributed by atoms with Gasteiger partial charge in [0, 0.05) is 18.5 Å². The number of hydrogen-bond acceptors (Lipinski definition) is 6. The molecule has 0 atom stereocenters. The Hall–Kier alpha value is -1.93. The lowest BCUT2D eigenvalue weighted by molar-refractivity contribution is -0.147. The summed E-state index contributed by atoms with van der Waals surface area (Å²) in [5, 5.41) is 0. The number of methoxy groups -OCH3 is 1. The summed E-state index contributed by atoms with van der Waals surface area (Å²) in [6.07, 6.45) is 10.2. The molecular weight excluding hydrogens is 454 g/mol. The molecule has 1 saturated heterocycles. The molecule has 34 heavy (non-hydrogen) atoms. The zero-order chi connectivity index (χ0) is 23.9. The highest BCUT2D eigenvalue weighted by Crippen LogP contribution is 2.60. The first-order valence-corrected chi connectivity index (χ1v) is 14.1. The molecule has 1 aromatic carbocycles. The summed E-state index contributed by atoms with van der Waals surface area (Å²) in [4.78, 5) is 26.3. The van der Waals surface area contributed by atoms with Crippen molar-refractivity contribution in [3.63, 3.8) is 0 Å². The van der Waals surface area contributed by atoms with Gasteiger partial charge in [0.05, 0.1) is 12.0 Å². The third kappa shape index (κ3) is 4.39. The average molecular weight is 490 g/mol. The highest BCUT2D eigenvalue weighted by Gasteiger charge is 2.54. The Balaban J connectivity index is 1.31. The second-order valence-corrected chi connectivity index (χ2v) is 12.8. The van der Waals surface area contributed by atoms with Gasteiger partial charge in [0.2, 0.25) is 10.0 Å². The van der Waals surface area contributed by atoms with Crippen LogP contribution in [0.3, 0.4) is 0 Å². The highest BCUT2D eigenvalue weighted by atomic mass is 32.2. The van der Waals surface area contributed by atoms with Gasteiger partial charge in [-0.2, -0.15) is 4.31 Å². The Morgan fingerprint density at radius 2 is 1.56 bits per heavy atom. The number of carbonyl (C=O) groups is 2. The first kappa shape index (κ1) is 23.8. The summed E-state index contributed by atoms with van der Waals surface area (Å²) in [6, 6.07) is 4.29. The zero-order valence-corrected chi connectivity index (χ0v) is 20.8. The highest BCUT2D eigenvalue weighted by molar-refractivity contribution is 7.89. The standard InChI is InChI=1S/C26H35NO6S/c1-32-23-7-6-21(34(30,31)27-8-4-2-3-5-9-27)13-22(23)25(29)33-17-24(28)26-14-18-10-19(15-26)12-20(11-18)16-26/h6-7,13,18-20H,2-5,8-12,14-17H2,1H3. The monoisotopic (exact) mass is 489 g/mol. The number of Topliss-reactive ketones (excluding diaryl/α,β-unsaturated/α-hetero) is 1. The van der Waals surface area contributed by atoms with E-state index < -0.39 is 16.0 Å². The molecule has 0 N–H and O–H groups in total. The van der Waals surface area contributed by atoms with Crippen LogP contribution >= 0.6 is 0 Å². The fourth-order valence-corrected chi connectivity index (χ4v) is 8.80. The lowest BCUT2D eigenvalue weighted by atomic mass is 9.48. The molecule has 8 heteroatoms. The van der Waals surface area contributed by atoms with E-state index in [1.165, 1.54) is 48.9 Å². The molecule has 7 nitrogen and oxygen atoms in total. The molecule has 1 aliphatic heterocycles. The van der Waals surface area contributed by atoms with E-state index in [0.29, 0.717) is 30.8 Å². The third-order valence-corrected chi connectivity index (χ3v) is 10.5. The largest absolute Gasteiger partial charge is 0.496 e. The van der Waals surface area contributed by atoms with Gasteiger partial charge in [-0.3, -0.25) is 4.79 Å². The van der Waals surface area contributed by atoms with E-state index in [1.807, 2.05) is 0 Å². The van der Waals surface area contributed by atoms with Crippen LogP contribution in [0.1, 0.15) is 74.6 Å². The third-order valence-electron chi connectivity index (χ3n) is 8.56. The number of ether oxygens (including phenoxy) is 2. The van der Waals surface area contributed by atoms with E-state index in [9.17, 15) is 18.0 Å². The molecule has 4 saturated carbocycles. The molecule has 5 fully saturated rings. The van der Waals surface area contributed by atoms with Crippen LogP contribution in [0.4, 0.5) is 0 Å². The minimum absolute atomic E-state index is 0.0206. The summed E-state index contributed by atoms with van der Waals surface area (Å²) in [5.41, 5.74) is -0.298. The molecule has 4 aliphatic carbocycles. The first-order valence-electron chi connectivity index (χ1n) is 12.7. The maximum absolute atomic E-state index is 13.2. The van der Waals surface area contributed by atoms with Gasteiger partial charge in [0.15, 0.2) is 12.4 Å². The summed E-state index contributed by atoms with van der Waals surface area (Å²) in [7, 11) is -2.30. The minimum atomic E-state index is -3.73. The van der Waals surface area contributed by atoms with Crippen LogP contribution in [0.15, 0.2) is 23.1 Å². The quantitative estimate of drug-likeness (QED) is 0.533. The van der Waals surface area contributed by atoms with Crippen molar-refractivity contribution >= 4 is 21.8 Å². The molecule has 0 spiro atoms. The molecule has 0 amide bonds. The van der Waals surface area contributed by atoms with Crippen molar-refractivity contribution in [1.82, 2.24) is 4.31 Å². The minimum Gasteiger partial charge on any atom is -0.496 e. The van der Waals surface area contributed by atoms with Crippen LogP contribution in [0.5, 0.6) is 5.75 Å². The predicted molar refractivity (Wildman–Crippen MR) is 126 cm³/mol. The van der Waals surface area contributed by atoms with Gasteiger partial charge < -0.3 is 9.47 Å². The van der Waals surface area contributed by atoms with Gasteiger partial charge in [-0.1, -0.05) is 12.8 Å². The predicted octanol–water partition coefficient (Wildman–Crippen LogP) is 4.20. The second-order valence-electron chi connectivity index (χ2n) is 10.9. The number of sulfonamides is 1. The van der Waals surface area contributed by atoms with Gasteiger partial charge in [-0.25, -0.2) is 13.2 Å². The molecule has 4 bridgehead atoms. The number of hydrogen-bond donors (Lipinski definition) is 0. The maximum Gasteiger partial charge on any atom is 0.342 e. The molecule has 1 heterocycles. The molecule has 5 aliphatic rings. The van der Waals surface area contributed by atoms with E-state index >= 15 is 0 Å². The van der Waals surface area contributed by atoms with Crippen molar-refractivity contribution in [2.75, 3.05) is 26.8 Å². The Morgan fingerprint density at radius 1 is 0.971 bits per heavy atom. The van der Waals surface area contributed by atoms with Gasteiger partial charge in [-0.05, 0) is 87.3 Å². The van der Waals surface area contributed by atoms with Gasteiger partial charge in [-0.15, -0.1) is 0 Å². The van der Waals surface area contributed by atoms with Crippen molar-refractivity contribution in [3.05, 3.63) is 23.8 Å². The van der Waals surface area contributed by atoms with Crippen molar-refractivity contribution in [2.24, 2.45) is 23.2 Å². The molecule has 1 aromatic rings. The zero-order valence-electron chi connectivity index (χ0n) is 20.0. The van der Waals surface area contributed by atoms with Crippen LogP contribution in [0, 0.1) is 23.2 Å². The SMILES string of the molecule is COc1ccc(S(=O)(=O)N2CCCCCC2)cc1C(=O)OCC(=O)C12CC3CC(CC(C3)C1)C2. The Morgan fingerprint density at radius 3 is 2.12 bits per heavy atom. The van der Waals surface area contributed by atoms with Crippen LogP contribution in [0.25, 0.3) is 0 Å². The molecular formula is C26H35NO6S. The molecule has 0 aromatic heterocycles. The average Bonchev–Trinajstić information content (AvgIpc) is 3.11. The van der Waals surface area contributed by atoms with Crippen molar-refractivity contribution in [3.8, 4) is 5.75 Å². The summed E-state index contributed by atoms with van der Waals surface area (Å²) in [6.45, 7) is 0.693. The van der Waals surface area contributed by atoms with Gasteiger partial charge in [0.25, 0.3) is 0 Å². The molecule has 186 valence electrons. The second kappa shape index (κ2) is 9.26. The number of nitrogens with zero attached hydrogens (tertiary/aromatic N) is 1. The lowest BCUT2D eigenvalue weighted by Gasteiger charge is -2.55. The Labute approximate surface area is 202 Å². The van der Waals surface area contributed by atoms with Gasteiger partial charge in [0.1, 0.15) is 11.3 Å². The van der Waals surface area contributed by atoms with E-state index in [4.69, 9.17) is 9.47 Å². The number of esters is 1. The van der Waals surface area contributed by atoms with Crippen molar-refractivity contribution < 1.29 is 27.5 Å². The van der Waals surface area contributed by atoms with E-state index in [-0.39, 0.29) is 34.0 Å². The molecule has 6 rings (SSSR count). The van der Waals surface area contributed by atoms with Crippen LogP contribution in [0.2, 0.25) is 0 Å². The summed E-state index contributed by atoms with van der Waals surface area (Å²) >= 11 is 0. The smallest absolute Gasteiger partial charge is 0.342 e. The fraction of sp³-hybridized carbons (Fsp3) is 0.692. The lowest BCUT2D eigenvalue weighted by Crippen LogP contribution is -2.51. The fourth-order valence-electron chi connectivity index (χ4n) is 7.25. The number of rotatable bonds is 7. The molecule has 0 radical (unpaired) electrons. The maximum atomic E-state index is 13.2. The topological polar surface area (TPSA) is 90.0 Å². The Kier molecular flexibility index (Phi) is 6.48. The number of carbonyl (C=O) groups excluding carboxylic acids is 2. The number of ketones is 1. The van der Waals surface area contributed by atoms with E-state index in [2.05, 4.69) is 0 Å². The van der Waals surface area contributed by atoms with E-state index in [1.54, 1.807) is 0 Å². The van der Waals surface area contributed by atoms with Gasteiger partial charge >= 0.3 is 5.97 Å². The van der Waals surface area contributed by atoms with Crippen LogP contribution in [-0.2, 0) is 19.6 Å². The van der Waals surface area contributed by atoms with Crippen molar-refractivity contribution in [1.29, 1.82) is 0 Å². The van der Waals surface area contributed by atoms with Crippen LogP contribution < -0.4 is 4.74 Å². The normalized spacial score (nSPS) is 31.1. The summed E-state index contributed by atoms with van der Waals surface area (Å²) in [5.74, 6) is 1.43. The molecule has 0 unspecified atom stereocenters. The summed E-state index contributed by atoms with van der Waals surface area (Å²) < 4.78 is 38.7. The Bertz CT molecular complexity index is 1020. The first-order chi connectivity index (χ1) is 16.3.